The lowest BCUT2D eigenvalue weighted by atomic mass is 10.1. The number of hydrogen-bond acceptors (Lipinski definition) is 3. The Bertz CT molecular complexity index is 335. The third kappa shape index (κ3) is 3.43. The molecule has 2 heterocycles. The Morgan fingerprint density at radius 3 is 2.35 bits per heavy atom. The Kier molecular flexibility index (Phi) is 4.00. The number of nitrogens with zero attached hydrogens (tertiary/aromatic N) is 2. The monoisotopic (exact) mass is 233 g/mol. The maximum atomic E-state index is 4.39. The summed E-state index contributed by atoms with van der Waals surface area (Å²) in [5, 5.41) is 3.62. The second kappa shape index (κ2) is 5.50. The summed E-state index contributed by atoms with van der Waals surface area (Å²) in [5.41, 5.74) is 2.35. The van der Waals surface area contributed by atoms with E-state index in [1.165, 1.54) is 18.5 Å². The van der Waals surface area contributed by atoms with Crippen LogP contribution in [0.3, 0.4) is 0 Å². The van der Waals surface area contributed by atoms with Crippen LogP contribution in [0.5, 0.6) is 0 Å². The molecule has 2 rings (SSSR count). The SMILES string of the molecule is Cc1ccc(N2CCC(C)NC(C)CC2)cn1. The third-order valence-corrected chi connectivity index (χ3v) is 3.49. The summed E-state index contributed by atoms with van der Waals surface area (Å²) in [6.45, 7) is 8.81. The highest BCUT2D eigenvalue weighted by molar-refractivity contribution is 5.44. The number of aryl methyl sites for hydroxylation is 1. The van der Waals surface area contributed by atoms with Gasteiger partial charge in [0.05, 0.1) is 11.9 Å². The Morgan fingerprint density at radius 1 is 1.18 bits per heavy atom. The van der Waals surface area contributed by atoms with Crippen molar-refractivity contribution >= 4 is 5.69 Å². The van der Waals surface area contributed by atoms with Crippen molar-refractivity contribution in [3.8, 4) is 0 Å². The van der Waals surface area contributed by atoms with Crippen LogP contribution < -0.4 is 10.2 Å². The molecule has 1 aliphatic heterocycles. The molecule has 1 aromatic rings. The fourth-order valence-electron chi connectivity index (χ4n) is 2.37. The predicted molar refractivity (Wildman–Crippen MR) is 72.5 cm³/mol. The van der Waals surface area contributed by atoms with Crippen molar-refractivity contribution in [2.24, 2.45) is 0 Å². The molecule has 0 aliphatic carbocycles. The van der Waals surface area contributed by atoms with Gasteiger partial charge in [-0.1, -0.05) is 0 Å². The average Bonchev–Trinajstić information content (AvgIpc) is 2.28. The average molecular weight is 233 g/mol. The summed E-state index contributed by atoms with van der Waals surface area (Å²) in [5.74, 6) is 0. The van der Waals surface area contributed by atoms with E-state index >= 15 is 0 Å². The molecule has 1 aliphatic rings. The normalized spacial score (nSPS) is 26.4. The van der Waals surface area contributed by atoms with E-state index < -0.39 is 0 Å². The van der Waals surface area contributed by atoms with E-state index in [9.17, 15) is 0 Å². The van der Waals surface area contributed by atoms with E-state index in [1.54, 1.807) is 0 Å². The molecule has 0 radical (unpaired) electrons. The molecule has 17 heavy (non-hydrogen) atoms. The molecule has 0 amide bonds. The molecular weight excluding hydrogens is 210 g/mol. The summed E-state index contributed by atoms with van der Waals surface area (Å²) in [6.07, 6.45) is 4.39. The van der Waals surface area contributed by atoms with Gasteiger partial charge in [0, 0.05) is 30.9 Å². The Hall–Kier alpha value is -1.09. The van der Waals surface area contributed by atoms with Gasteiger partial charge in [-0.15, -0.1) is 0 Å². The quantitative estimate of drug-likeness (QED) is 0.807. The maximum absolute atomic E-state index is 4.39. The van der Waals surface area contributed by atoms with Crippen LogP contribution in [0.2, 0.25) is 0 Å². The topological polar surface area (TPSA) is 28.2 Å². The van der Waals surface area contributed by atoms with Crippen LogP contribution in [0.4, 0.5) is 5.69 Å². The molecule has 94 valence electrons. The van der Waals surface area contributed by atoms with Crippen molar-refractivity contribution in [1.29, 1.82) is 0 Å². The molecule has 1 N–H and O–H groups in total. The maximum Gasteiger partial charge on any atom is 0.0552 e. The lowest BCUT2D eigenvalue weighted by Crippen LogP contribution is -2.43. The molecular formula is C14H23N3. The molecule has 1 saturated heterocycles. The summed E-state index contributed by atoms with van der Waals surface area (Å²) < 4.78 is 0. The highest BCUT2D eigenvalue weighted by Gasteiger charge is 2.16. The molecule has 0 spiro atoms. The Balaban J connectivity index is 2.06. The zero-order chi connectivity index (χ0) is 12.3. The predicted octanol–water partition coefficient (Wildman–Crippen LogP) is 2.36. The van der Waals surface area contributed by atoms with Crippen molar-refractivity contribution < 1.29 is 0 Å². The van der Waals surface area contributed by atoms with Gasteiger partial charge in [-0.3, -0.25) is 4.98 Å². The minimum Gasteiger partial charge on any atom is -0.370 e. The number of anilines is 1. The molecule has 1 aromatic heterocycles. The van der Waals surface area contributed by atoms with Crippen LogP contribution in [0.1, 0.15) is 32.4 Å². The van der Waals surface area contributed by atoms with Crippen molar-refractivity contribution in [3.05, 3.63) is 24.0 Å². The van der Waals surface area contributed by atoms with Crippen LogP contribution in [0.15, 0.2) is 18.3 Å². The minimum atomic E-state index is 0.603. The summed E-state index contributed by atoms with van der Waals surface area (Å²) in [6, 6.07) is 5.49. The zero-order valence-electron chi connectivity index (χ0n) is 11.1. The van der Waals surface area contributed by atoms with Gasteiger partial charge < -0.3 is 10.2 Å². The van der Waals surface area contributed by atoms with Crippen molar-refractivity contribution in [2.45, 2.75) is 45.7 Å². The number of nitrogens with one attached hydrogen (secondary N) is 1. The van der Waals surface area contributed by atoms with Crippen LogP contribution in [-0.4, -0.2) is 30.2 Å². The molecule has 3 nitrogen and oxygen atoms in total. The van der Waals surface area contributed by atoms with Crippen molar-refractivity contribution in [2.75, 3.05) is 18.0 Å². The van der Waals surface area contributed by atoms with Gasteiger partial charge in [-0.2, -0.15) is 0 Å². The van der Waals surface area contributed by atoms with Gasteiger partial charge in [-0.25, -0.2) is 0 Å². The summed E-state index contributed by atoms with van der Waals surface area (Å²) in [7, 11) is 0. The number of aromatic nitrogens is 1. The van der Waals surface area contributed by atoms with Crippen molar-refractivity contribution in [1.82, 2.24) is 10.3 Å². The molecule has 0 bridgehead atoms. The first kappa shape index (κ1) is 12.4. The van der Waals surface area contributed by atoms with Crippen LogP contribution in [-0.2, 0) is 0 Å². The van der Waals surface area contributed by atoms with E-state index in [0.717, 1.165) is 18.8 Å². The Labute approximate surface area is 104 Å². The van der Waals surface area contributed by atoms with Gasteiger partial charge in [-0.05, 0) is 45.7 Å². The second-order valence-electron chi connectivity index (χ2n) is 5.19. The second-order valence-corrected chi connectivity index (χ2v) is 5.19. The zero-order valence-corrected chi connectivity index (χ0v) is 11.1. The van der Waals surface area contributed by atoms with E-state index in [4.69, 9.17) is 0 Å². The van der Waals surface area contributed by atoms with Gasteiger partial charge in [0.2, 0.25) is 0 Å². The van der Waals surface area contributed by atoms with Crippen molar-refractivity contribution in [3.63, 3.8) is 0 Å². The third-order valence-electron chi connectivity index (χ3n) is 3.49. The first-order chi connectivity index (χ1) is 8.15. The van der Waals surface area contributed by atoms with E-state index in [2.05, 4.69) is 41.2 Å². The first-order valence-corrected chi connectivity index (χ1v) is 6.59. The van der Waals surface area contributed by atoms with Gasteiger partial charge in [0.1, 0.15) is 0 Å². The van der Waals surface area contributed by atoms with Gasteiger partial charge >= 0.3 is 0 Å². The fourth-order valence-corrected chi connectivity index (χ4v) is 2.37. The lowest BCUT2D eigenvalue weighted by Gasteiger charge is -2.32. The van der Waals surface area contributed by atoms with Gasteiger partial charge in [0.15, 0.2) is 0 Å². The number of hydrogen-bond donors (Lipinski definition) is 1. The lowest BCUT2D eigenvalue weighted by molar-refractivity contribution is 0.404. The molecule has 0 aromatic carbocycles. The summed E-state index contributed by atoms with van der Waals surface area (Å²) in [4.78, 5) is 6.85. The first-order valence-electron chi connectivity index (χ1n) is 6.59. The van der Waals surface area contributed by atoms with Crippen LogP contribution >= 0.6 is 0 Å². The van der Waals surface area contributed by atoms with Crippen LogP contribution in [0, 0.1) is 6.92 Å². The smallest absolute Gasteiger partial charge is 0.0552 e. The Morgan fingerprint density at radius 2 is 1.82 bits per heavy atom. The molecule has 2 unspecified atom stereocenters. The molecule has 3 heteroatoms. The largest absolute Gasteiger partial charge is 0.370 e. The molecule has 0 saturated carbocycles. The van der Waals surface area contributed by atoms with E-state index in [1.807, 2.05) is 13.1 Å². The summed E-state index contributed by atoms with van der Waals surface area (Å²) >= 11 is 0. The minimum absolute atomic E-state index is 0.603. The molecule has 1 fully saturated rings. The van der Waals surface area contributed by atoms with E-state index in [0.29, 0.717) is 12.1 Å². The van der Waals surface area contributed by atoms with E-state index in [-0.39, 0.29) is 0 Å². The van der Waals surface area contributed by atoms with Gasteiger partial charge in [0.25, 0.3) is 0 Å². The van der Waals surface area contributed by atoms with Crippen LogP contribution in [0.25, 0.3) is 0 Å². The number of rotatable bonds is 1. The highest BCUT2D eigenvalue weighted by Crippen LogP contribution is 2.16. The standard InChI is InChI=1S/C14H23N3/c1-11-4-5-14(10-15-11)17-8-6-12(2)16-13(3)7-9-17/h4-5,10,12-13,16H,6-9H2,1-3H3. The highest BCUT2D eigenvalue weighted by atomic mass is 15.1. The fraction of sp³-hybridized carbons (Fsp3) is 0.643. The number of pyridine rings is 1. The molecule has 2 atom stereocenters.